The van der Waals surface area contributed by atoms with Crippen molar-refractivity contribution in [3.8, 4) is 0 Å². The molecule has 0 aliphatic carbocycles. The van der Waals surface area contributed by atoms with Crippen LogP contribution in [0.15, 0.2) is 0 Å². The lowest BCUT2D eigenvalue weighted by Crippen LogP contribution is -2.33. The minimum absolute atomic E-state index is 0.122. The zero-order valence-electron chi connectivity index (χ0n) is 8.75. The third-order valence-corrected chi connectivity index (χ3v) is 1.99. The third kappa shape index (κ3) is 3.43. The molecule has 0 atom stereocenters. The highest BCUT2D eigenvalue weighted by Gasteiger charge is 2.06. The number of aromatic nitrogens is 2. The Hall–Kier alpha value is -1.76. The van der Waals surface area contributed by atoms with Gasteiger partial charge in [0, 0.05) is 13.1 Å². The second kappa shape index (κ2) is 5.36. The minimum atomic E-state index is -0.577. The number of nitrogens with zero attached hydrogens (tertiary/aromatic N) is 2. The molecule has 7 nitrogen and oxygen atoms in total. The number of nitrogens with one attached hydrogen (secondary N) is 2. The topological polar surface area (TPSA) is 119 Å². The Morgan fingerprint density at radius 2 is 2.12 bits per heavy atom. The van der Waals surface area contributed by atoms with Gasteiger partial charge < -0.3 is 22.1 Å². The maximum absolute atomic E-state index is 10.4. The second-order valence-corrected chi connectivity index (χ2v) is 3.40. The molecule has 0 spiro atoms. The van der Waals surface area contributed by atoms with E-state index in [2.05, 4.69) is 20.6 Å². The van der Waals surface area contributed by atoms with Crippen LogP contribution in [-0.2, 0) is 0 Å². The Morgan fingerprint density at radius 1 is 1.44 bits per heavy atom. The van der Waals surface area contributed by atoms with Gasteiger partial charge in [0.05, 0.1) is 11.4 Å². The molecule has 1 aromatic heterocycles. The number of nitrogens with two attached hydrogens (primary N) is 2. The lowest BCUT2D eigenvalue weighted by atomic mass is 10.3. The first-order valence-electron chi connectivity index (χ1n) is 4.57. The molecule has 16 heavy (non-hydrogen) atoms. The van der Waals surface area contributed by atoms with Gasteiger partial charge in [-0.1, -0.05) is 0 Å². The zero-order chi connectivity index (χ0) is 12.1. The number of anilines is 2. The SMILES string of the molecule is Cc1nc(Cl)nc(NCCNC(N)=O)c1N. The number of halogens is 1. The highest BCUT2D eigenvalue weighted by Crippen LogP contribution is 2.19. The van der Waals surface area contributed by atoms with Crippen LogP contribution in [0, 0.1) is 6.92 Å². The Morgan fingerprint density at radius 3 is 2.75 bits per heavy atom. The molecule has 2 amide bonds. The van der Waals surface area contributed by atoms with Crippen LogP contribution in [0.1, 0.15) is 5.69 Å². The number of carbonyl (C=O) groups is 1. The number of hydrogen-bond donors (Lipinski definition) is 4. The van der Waals surface area contributed by atoms with Gasteiger partial charge in [0.1, 0.15) is 0 Å². The minimum Gasteiger partial charge on any atom is -0.394 e. The van der Waals surface area contributed by atoms with E-state index in [4.69, 9.17) is 23.1 Å². The average molecular weight is 245 g/mol. The first-order valence-corrected chi connectivity index (χ1v) is 4.95. The summed E-state index contributed by atoms with van der Waals surface area (Å²) in [5.74, 6) is 0.448. The molecule has 0 saturated heterocycles. The lowest BCUT2D eigenvalue weighted by Gasteiger charge is -2.09. The van der Waals surface area contributed by atoms with E-state index in [9.17, 15) is 4.79 Å². The fraction of sp³-hybridized carbons (Fsp3) is 0.375. The first-order chi connectivity index (χ1) is 7.50. The summed E-state index contributed by atoms with van der Waals surface area (Å²) < 4.78 is 0. The summed E-state index contributed by atoms with van der Waals surface area (Å²) in [5, 5.41) is 5.46. The number of nitrogen functional groups attached to an aromatic ring is 1. The Bertz CT molecular complexity index is 396. The van der Waals surface area contributed by atoms with Gasteiger partial charge in [-0.05, 0) is 18.5 Å². The molecule has 0 bridgehead atoms. The van der Waals surface area contributed by atoms with Crippen molar-refractivity contribution in [3.63, 3.8) is 0 Å². The molecule has 0 aromatic carbocycles. The van der Waals surface area contributed by atoms with Crippen LogP contribution in [0.3, 0.4) is 0 Å². The van der Waals surface area contributed by atoms with E-state index in [-0.39, 0.29) is 5.28 Å². The Balaban J connectivity index is 2.57. The van der Waals surface area contributed by atoms with E-state index in [0.717, 1.165) is 0 Å². The van der Waals surface area contributed by atoms with Crippen molar-refractivity contribution in [2.45, 2.75) is 6.92 Å². The maximum atomic E-state index is 10.4. The molecule has 88 valence electrons. The molecule has 1 aromatic rings. The van der Waals surface area contributed by atoms with E-state index in [1.807, 2.05) is 0 Å². The Labute approximate surface area is 97.6 Å². The van der Waals surface area contributed by atoms with Crippen LogP contribution >= 0.6 is 11.6 Å². The molecule has 0 aliphatic rings. The van der Waals surface area contributed by atoms with Gasteiger partial charge in [-0.15, -0.1) is 0 Å². The van der Waals surface area contributed by atoms with Crippen LogP contribution in [0.4, 0.5) is 16.3 Å². The van der Waals surface area contributed by atoms with Gasteiger partial charge in [-0.2, -0.15) is 4.98 Å². The fourth-order valence-corrected chi connectivity index (χ4v) is 1.26. The predicted octanol–water partition coefficient (Wildman–Crippen LogP) is 0.101. The number of aryl methyl sites for hydroxylation is 1. The summed E-state index contributed by atoms with van der Waals surface area (Å²) in [7, 11) is 0. The van der Waals surface area contributed by atoms with Crippen molar-refractivity contribution in [2.24, 2.45) is 5.73 Å². The summed E-state index contributed by atoms with van der Waals surface area (Å²) >= 11 is 5.68. The molecule has 1 heterocycles. The molecule has 0 fully saturated rings. The second-order valence-electron chi connectivity index (χ2n) is 3.06. The lowest BCUT2D eigenvalue weighted by molar-refractivity contribution is 0.249. The van der Waals surface area contributed by atoms with Gasteiger partial charge in [-0.3, -0.25) is 0 Å². The maximum Gasteiger partial charge on any atom is 0.312 e. The summed E-state index contributed by atoms with van der Waals surface area (Å²) in [5.41, 5.74) is 11.7. The van der Waals surface area contributed by atoms with E-state index in [0.29, 0.717) is 30.3 Å². The van der Waals surface area contributed by atoms with E-state index in [1.54, 1.807) is 6.92 Å². The van der Waals surface area contributed by atoms with Crippen molar-refractivity contribution in [2.75, 3.05) is 24.1 Å². The predicted molar refractivity (Wildman–Crippen MR) is 62.3 cm³/mol. The third-order valence-electron chi connectivity index (χ3n) is 1.83. The first kappa shape index (κ1) is 12.3. The molecule has 1 rings (SSSR count). The van der Waals surface area contributed by atoms with Crippen molar-refractivity contribution in [1.82, 2.24) is 15.3 Å². The highest BCUT2D eigenvalue weighted by atomic mass is 35.5. The number of hydrogen-bond acceptors (Lipinski definition) is 5. The average Bonchev–Trinajstić information content (AvgIpc) is 2.19. The summed E-state index contributed by atoms with van der Waals surface area (Å²) in [4.78, 5) is 18.2. The van der Waals surface area contributed by atoms with Crippen molar-refractivity contribution in [3.05, 3.63) is 11.0 Å². The van der Waals surface area contributed by atoms with Crippen LogP contribution in [0.25, 0.3) is 0 Å². The summed E-state index contributed by atoms with van der Waals surface area (Å²) in [6.45, 7) is 2.55. The van der Waals surface area contributed by atoms with Crippen LogP contribution in [0.2, 0.25) is 5.28 Å². The molecular formula is C8H13ClN6O. The fourth-order valence-electron chi connectivity index (χ4n) is 1.05. The zero-order valence-corrected chi connectivity index (χ0v) is 9.51. The molecule has 8 heteroatoms. The van der Waals surface area contributed by atoms with Crippen molar-refractivity contribution < 1.29 is 4.79 Å². The van der Waals surface area contributed by atoms with Gasteiger partial charge in [0.2, 0.25) is 5.28 Å². The van der Waals surface area contributed by atoms with Crippen molar-refractivity contribution in [1.29, 1.82) is 0 Å². The van der Waals surface area contributed by atoms with Gasteiger partial charge in [0.25, 0.3) is 0 Å². The van der Waals surface area contributed by atoms with Gasteiger partial charge in [0.15, 0.2) is 5.82 Å². The standard InChI is InChI=1S/C8H13ClN6O/c1-4-5(10)6(15-7(9)14-4)12-2-3-13-8(11)16/h2-3,10H2,1H3,(H3,11,13,16)(H,12,14,15). The van der Waals surface area contributed by atoms with Crippen LogP contribution < -0.4 is 22.1 Å². The monoisotopic (exact) mass is 244 g/mol. The Kier molecular flexibility index (Phi) is 4.12. The van der Waals surface area contributed by atoms with Crippen LogP contribution in [0.5, 0.6) is 0 Å². The molecular weight excluding hydrogens is 232 g/mol. The molecule has 0 unspecified atom stereocenters. The number of amides is 2. The smallest absolute Gasteiger partial charge is 0.312 e. The molecule has 0 radical (unpaired) electrons. The summed E-state index contributed by atoms with van der Waals surface area (Å²) in [6, 6.07) is -0.577. The van der Waals surface area contributed by atoms with Crippen LogP contribution in [-0.4, -0.2) is 29.1 Å². The largest absolute Gasteiger partial charge is 0.394 e. The molecule has 0 saturated carbocycles. The van der Waals surface area contributed by atoms with Crippen molar-refractivity contribution >= 4 is 29.1 Å². The van der Waals surface area contributed by atoms with E-state index in [1.165, 1.54) is 0 Å². The van der Waals surface area contributed by atoms with Gasteiger partial charge >= 0.3 is 6.03 Å². The number of urea groups is 1. The van der Waals surface area contributed by atoms with E-state index < -0.39 is 6.03 Å². The molecule has 0 aliphatic heterocycles. The number of rotatable bonds is 4. The van der Waals surface area contributed by atoms with Gasteiger partial charge in [-0.25, -0.2) is 9.78 Å². The highest BCUT2D eigenvalue weighted by molar-refractivity contribution is 6.28. The quantitative estimate of drug-likeness (QED) is 0.442. The summed E-state index contributed by atoms with van der Waals surface area (Å²) in [6.07, 6.45) is 0. The van der Waals surface area contributed by atoms with E-state index >= 15 is 0 Å². The number of primary amides is 1. The normalized spacial score (nSPS) is 9.88. The number of carbonyl (C=O) groups excluding carboxylic acids is 1. The molecule has 6 N–H and O–H groups in total.